The third kappa shape index (κ3) is 4.65. The molecule has 10 heteroatoms. The van der Waals surface area contributed by atoms with Gasteiger partial charge >= 0.3 is 0 Å². The van der Waals surface area contributed by atoms with Gasteiger partial charge in [-0.15, -0.1) is 11.3 Å². The Hall–Kier alpha value is -4.23. The number of benzene rings is 1. The predicted octanol–water partition coefficient (Wildman–Crippen LogP) is 4.30. The highest BCUT2D eigenvalue weighted by Gasteiger charge is 2.33. The van der Waals surface area contributed by atoms with Crippen LogP contribution < -0.4 is 5.32 Å². The Balaban J connectivity index is 1.32. The van der Waals surface area contributed by atoms with Crippen molar-refractivity contribution in [3.63, 3.8) is 0 Å². The van der Waals surface area contributed by atoms with Gasteiger partial charge in [-0.25, -0.2) is 4.98 Å². The van der Waals surface area contributed by atoms with Crippen molar-refractivity contribution >= 4 is 40.1 Å². The van der Waals surface area contributed by atoms with Crippen LogP contribution in [-0.2, 0) is 11.3 Å². The lowest BCUT2D eigenvalue weighted by Crippen LogP contribution is -2.51. The summed E-state index contributed by atoms with van der Waals surface area (Å²) in [5, 5.41) is 19.1. The summed E-state index contributed by atoms with van der Waals surface area (Å²) in [7, 11) is 0. The molecule has 1 fully saturated rings. The molecule has 1 aliphatic rings. The molecule has 1 aliphatic heterocycles. The predicted molar refractivity (Wildman–Crippen MR) is 138 cm³/mol. The molecule has 2 N–H and O–H groups in total. The SMILES string of the molecule is CC(C)C=C(C#N)C(=O)N1CC(Cn2c(NC(=O)c3ccc(-c4cn[nH]c4)s3)nc3ccccc32)C1. The maximum absolute atomic E-state index is 13.1. The Morgan fingerprint density at radius 3 is 2.81 bits per heavy atom. The highest BCUT2D eigenvalue weighted by Crippen LogP contribution is 2.29. The van der Waals surface area contributed by atoms with Gasteiger partial charge in [-0.2, -0.15) is 10.4 Å². The lowest BCUT2D eigenvalue weighted by atomic mass is 9.98. The normalized spacial score (nSPS) is 14.2. The van der Waals surface area contributed by atoms with Gasteiger partial charge in [0.25, 0.3) is 11.8 Å². The molecule has 1 aromatic carbocycles. The first kappa shape index (κ1) is 23.5. The summed E-state index contributed by atoms with van der Waals surface area (Å²) >= 11 is 1.39. The Bertz CT molecular complexity index is 1480. The molecule has 182 valence electrons. The number of carbonyl (C=O) groups excluding carboxylic acids is 2. The Morgan fingerprint density at radius 2 is 2.08 bits per heavy atom. The van der Waals surface area contributed by atoms with E-state index in [0.29, 0.717) is 30.5 Å². The van der Waals surface area contributed by atoms with Crippen LogP contribution in [0.1, 0.15) is 23.5 Å². The monoisotopic (exact) mass is 499 g/mol. The molecule has 0 aliphatic carbocycles. The van der Waals surface area contributed by atoms with Crippen molar-refractivity contribution < 1.29 is 9.59 Å². The Labute approximate surface area is 212 Å². The molecule has 5 rings (SSSR count). The summed E-state index contributed by atoms with van der Waals surface area (Å²) in [5.74, 6) is 0.340. The number of H-pyrrole nitrogens is 1. The molecular weight excluding hydrogens is 474 g/mol. The topological polar surface area (TPSA) is 120 Å². The van der Waals surface area contributed by atoms with Crippen LogP contribution in [0, 0.1) is 23.2 Å². The van der Waals surface area contributed by atoms with Crippen LogP contribution >= 0.6 is 11.3 Å². The van der Waals surface area contributed by atoms with Crippen molar-refractivity contribution in [2.24, 2.45) is 11.8 Å². The number of nitrogens with zero attached hydrogens (tertiary/aromatic N) is 5. The van der Waals surface area contributed by atoms with Gasteiger partial charge in [-0.1, -0.05) is 32.1 Å². The molecule has 0 bridgehead atoms. The van der Waals surface area contributed by atoms with Crippen LogP contribution in [0.5, 0.6) is 0 Å². The number of anilines is 1. The van der Waals surface area contributed by atoms with Crippen LogP contribution in [0.15, 0.2) is 60.4 Å². The molecule has 9 nitrogen and oxygen atoms in total. The minimum atomic E-state index is -0.228. The standard InChI is InChI=1S/C26H25N7O2S/c1-16(2)9-18(10-27)25(35)32-13-17(14-32)15-33-21-6-4-3-5-20(21)30-26(33)31-24(34)23-8-7-22(36-23)19-11-28-29-12-19/h3-9,11-12,16-17H,13-15H2,1-2H3,(H,28,29)(H,30,31,34). The smallest absolute Gasteiger partial charge is 0.268 e. The number of hydrogen-bond acceptors (Lipinski definition) is 6. The third-order valence-electron chi connectivity index (χ3n) is 6.03. The van der Waals surface area contributed by atoms with E-state index in [9.17, 15) is 14.9 Å². The zero-order chi connectivity index (χ0) is 25.2. The van der Waals surface area contributed by atoms with Crippen LogP contribution in [0.4, 0.5) is 5.95 Å². The Kier molecular flexibility index (Phi) is 6.40. The summed E-state index contributed by atoms with van der Waals surface area (Å²) in [6, 6.07) is 13.5. The average Bonchev–Trinajstić information content (AvgIpc) is 3.59. The maximum Gasteiger partial charge on any atom is 0.268 e. The molecule has 0 unspecified atom stereocenters. The molecule has 3 aromatic heterocycles. The number of likely N-dealkylation sites (tertiary alicyclic amines) is 1. The summed E-state index contributed by atoms with van der Waals surface area (Å²) in [5.41, 5.74) is 2.82. The van der Waals surface area contributed by atoms with Gasteiger partial charge in [0.15, 0.2) is 0 Å². The van der Waals surface area contributed by atoms with Crippen molar-refractivity contribution in [2.45, 2.75) is 20.4 Å². The van der Waals surface area contributed by atoms with Crippen molar-refractivity contribution in [3.8, 4) is 16.5 Å². The molecule has 4 aromatic rings. The number of thiophene rings is 1. The largest absolute Gasteiger partial charge is 0.337 e. The number of allylic oxidation sites excluding steroid dienone is 1. The number of aromatic amines is 1. The minimum Gasteiger partial charge on any atom is -0.337 e. The first-order valence-corrected chi connectivity index (χ1v) is 12.5. The van der Waals surface area contributed by atoms with E-state index in [1.165, 1.54) is 11.3 Å². The number of amides is 2. The molecule has 0 spiro atoms. The van der Waals surface area contributed by atoms with Crippen molar-refractivity contribution in [2.75, 3.05) is 18.4 Å². The number of rotatable bonds is 7. The van der Waals surface area contributed by atoms with E-state index in [0.717, 1.165) is 21.5 Å². The molecule has 2 amide bonds. The summed E-state index contributed by atoms with van der Waals surface area (Å²) < 4.78 is 2.00. The minimum absolute atomic E-state index is 0.128. The third-order valence-corrected chi connectivity index (χ3v) is 7.16. The van der Waals surface area contributed by atoms with E-state index < -0.39 is 0 Å². The van der Waals surface area contributed by atoms with Gasteiger partial charge < -0.3 is 9.47 Å². The highest BCUT2D eigenvalue weighted by molar-refractivity contribution is 7.17. The molecule has 0 radical (unpaired) electrons. The highest BCUT2D eigenvalue weighted by atomic mass is 32.1. The van der Waals surface area contributed by atoms with Gasteiger partial charge in [0.05, 0.1) is 22.1 Å². The van der Waals surface area contributed by atoms with E-state index in [-0.39, 0.29) is 29.2 Å². The first-order valence-electron chi connectivity index (χ1n) is 11.7. The lowest BCUT2D eigenvalue weighted by Gasteiger charge is -2.39. The molecular formula is C26H25N7O2S. The zero-order valence-electron chi connectivity index (χ0n) is 19.9. The van der Waals surface area contributed by atoms with Crippen LogP contribution in [0.25, 0.3) is 21.5 Å². The maximum atomic E-state index is 13.1. The molecule has 0 atom stereocenters. The van der Waals surface area contributed by atoms with Gasteiger partial charge in [-0.05, 0) is 30.2 Å². The van der Waals surface area contributed by atoms with E-state index in [2.05, 4.69) is 20.5 Å². The number of fused-ring (bicyclic) bond motifs is 1. The van der Waals surface area contributed by atoms with Crippen molar-refractivity contribution in [3.05, 3.63) is 65.3 Å². The van der Waals surface area contributed by atoms with Crippen LogP contribution in [0.2, 0.25) is 0 Å². The fraction of sp³-hybridized carbons (Fsp3) is 0.269. The summed E-state index contributed by atoms with van der Waals surface area (Å²) in [6.07, 6.45) is 5.21. The van der Waals surface area contributed by atoms with E-state index >= 15 is 0 Å². The fourth-order valence-electron chi connectivity index (χ4n) is 4.29. The lowest BCUT2D eigenvalue weighted by molar-refractivity contribution is -0.133. The summed E-state index contributed by atoms with van der Waals surface area (Å²) in [4.78, 5) is 33.6. The Morgan fingerprint density at radius 1 is 1.28 bits per heavy atom. The number of nitrogens with one attached hydrogen (secondary N) is 2. The van der Waals surface area contributed by atoms with Gasteiger partial charge in [0.1, 0.15) is 11.6 Å². The van der Waals surface area contributed by atoms with E-state index in [1.54, 1.807) is 29.4 Å². The fourth-order valence-corrected chi connectivity index (χ4v) is 5.17. The number of hydrogen-bond donors (Lipinski definition) is 2. The van der Waals surface area contributed by atoms with Crippen molar-refractivity contribution in [1.82, 2.24) is 24.6 Å². The molecule has 0 saturated carbocycles. The summed E-state index contributed by atoms with van der Waals surface area (Å²) in [6.45, 7) is 5.58. The van der Waals surface area contributed by atoms with Crippen LogP contribution in [0.3, 0.4) is 0 Å². The number of carbonyl (C=O) groups is 2. The van der Waals surface area contributed by atoms with Gasteiger partial charge in [-0.3, -0.25) is 20.0 Å². The number of aromatic nitrogens is 4. The quantitative estimate of drug-likeness (QED) is 0.290. The number of para-hydroxylation sites is 2. The second-order valence-electron chi connectivity index (χ2n) is 9.15. The number of nitriles is 1. The first-order chi connectivity index (χ1) is 17.4. The van der Waals surface area contributed by atoms with Crippen molar-refractivity contribution in [1.29, 1.82) is 5.26 Å². The zero-order valence-corrected chi connectivity index (χ0v) is 20.7. The molecule has 36 heavy (non-hydrogen) atoms. The second kappa shape index (κ2) is 9.79. The second-order valence-corrected chi connectivity index (χ2v) is 10.2. The molecule has 4 heterocycles. The van der Waals surface area contributed by atoms with E-state index in [1.807, 2.05) is 54.8 Å². The van der Waals surface area contributed by atoms with Gasteiger partial charge in [0, 0.05) is 42.2 Å². The average molecular weight is 500 g/mol. The van der Waals surface area contributed by atoms with Gasteiger partial charge in [0.2, 0.25) is 5.95 Å². The van der Waals surface area contributed by atoms with E-state index in [4.69, 9.17) is 0 Å². The number of imidazole rings is 1. The molecule has 1 saturated heterocycles. The van der Waals surface area contributed by atoms with Crippen LogP contribution in [-0.4, -0.2) is 49.6 Å².